The normalized spacial score (nSPS) is 12.8. The number of aryl methyl sites for hydroxylation is 1. The van der Waals surface area contributed by atoms with Crippen LogP contribution in [0.1, 0.15) is 25.8 Å². The van der Waals surface area contributed by atoms with Crippen molar-refractivity contribution in [1.29, 1.82) is 0 Å². The third-order valence-corrected chi connectivity index (χ3v) is 3.42. The van der Waals surface area contributed by atoms with E-state index in [2.05, 4.69) is 32.0 Å². The maximum absolute atomic E-state index is 5.82. The molecule has 0 aliphatic carbocycles. The number of nitrogens with two attached hydrogens (primary N) is 1. The van der Waals surface area contributed by atoms with Crippen LogP contribution in [0.4, 0.5) is 5.69 Å². The number of hydrogen-bond donors (Lipinski definition) is 1. The Balaban J connectivity index is 2.73. The summed E-state index contributed by atoms with van der Waals surface area (Å²) in [5.41, 5.74) is 7.88. The van der Waals surface area contributed by atoms with Crippen LogP contribution in [0.2, 0.25) is 0 Å². The molecule has 0 amide bonds. The number of hydrogen-bond acceptors (Lipinski definition) is 2. The van der Waals surface area contributed by atoms with E-state index in [1.165, 1.54) is 11.3 Å². The van der Waals surface area contributed by atoms with E-state index in [1.807, 2.05) is 18.7 Å². The Bertz CT molecular complexity index is 283. The molecule has 0 aliphatic heterocycles. The summed E-state index contributed by atoms with van der Waals surface area (Å²) in [4.78, 5) is 1.28. The zero-order chi connectivity index (χ0) is 9.84. The van der Waals surface area contributed by atoms with E-state index >= 15 is 0 Å². The second-order valence-corrected chi connectivity index (χ2v) is 4.87. The second-order valence-electron chi connectivity index (χ2n) is 3.36. The molecule has 2 heteroatoms. The van der Waals surface area contributed by atoms with Crippen LogP contribution in [-0.4, -0.2) is 5.25 Å². The Kier molecular flexibility index (Phi) is 3.67. The summed E-state index contributed by atoms with van der Waals surface area (Å²) in [5.74, 6) is 0. The highest BCUT2D eigenvalue weighted by atomic mass is 32.2. The molecule has 1 rings (SSSR count). The molecule has 0 fully saturated rings. The van der Waals surface area contributed by atoms with Crippen LogP contribution in [0, 0.1) is 6.92 Å². The van der Waals surface area contributed by atoms with Crippen LogP contribution in [0.15, 0.2) is 23.1 Å². The Morgan fingerprint density at radius 1 is 1.46 bits per heavy atom. The molecule has 13 heavy (non-hydrogen) atoms. The molecule has 72 valence electrons. The smallest absolute Gasteiger partial charge is 0.0354 e. The van der Waals surface area contributed by atoms with Crippen LogP contribution in [-0.2, 0) is 0 Å². The largest absolute Gasteiger partial charge is 0.398 e. The first-order valence-corrected chi connectivity index (χ1v) is 5.54. The molecule has 2 N–H and O–H groups in total. The first-order chi connectivity index (χ1) is 6.13. The predicted molar refractivity (Wildman–Crippen MR) is 61.2 cm³/mol. The van der Waals surface area contributed by atoms with E-state index in [-0.39, 0.29) is 0 Å². The monoisotopic (exact) mass is 195 g/mol. The van der Waals surface area contributed by atoms with Gasteiger partial charge in [0.25, 0.3) is 0 Å². The quantitative estimate of drug-likeness (QED) is 0.590. The van der Waals surface area contributed by atoms with Crippen LogP contribution < -0.4 is 5.73 Å². The maximum Gasteiger partial charge on any atom is 0.0354 e. The van der Waals surface area contributed by atoms with E-state index in [4.69, 9.17) is 5.73 Å². The maximum atomic E-state index is 5.82. The van der Waals surface area contributed by atoms with Gasteiger partial charge in [0.05, 0.1) is 0 Å². The van der Waals surface area contributed by atoms with Gasteiger partial charge in [-0.05, 0) is 31.0 Å². The van der Waals surface area contributed by atoms with Crippen molar-refractivity contribution in [2.24, 2.45) is 0 Å². The summed E-state index contributed by atoms with van der Waals surface area (Å²) < 4.78 is 0. The average Bonchev–Trinajstić information content (AvgIpc) is 2.11. The fraction of sp³-hybridized carbons (Fsp3) is 0.455. The minimum atomic E-state index is 0.669. The fourth-order valence-electron chi connectivity index (χ4n) is 1.01. The molecule has 0 saturated carbocycles. The van der Waals surface area contributed by atoms with Gasteiger partial charge in [-0.15, -0.1) is 11.8 Å². The molecule has 1 atom stereocenters. The molecular weight excluding hydrogens is 178 g/mol. The van der Waals surface area contributed by atoms with Gasteiger partial charge in [-0.25, -0.2) is 0 Å². The summed E-state index contributed by atoms with van der Waals surface area (Å²) >= 11 is 1.89. The van der Waals surface area contributed by atoms with Gasteiger partial charge in [0.2, 0.25) is 0 Å². The van der Waals surface area contributed by atoms with Crippen molar-refractivity contribution in [3.05, 3.63) is 23.8 Å². The fourth-order valence-corrected chi connectivity index (χ4v) is 1.98. The summed E-state index contributed by atoms with van der Waals surface area (Å²) in [6.45, 7) is 6.48. The van der Waals surface area contributed by atoms with Gasteiger partial charge in [-0.2, -0.15) is 0 Å². The molecule has 0 bridgehead atoms. The Labute approximate surface area is 84.7 Å². The Morgan fingerprint density at radius 2 is 2.15 bits per heavy atom. The summed E-state index contributed by atoms with van der Waals surface area (Å²) in [6.07, 6.45) is 1.19. The number of nitrogen functional groups attached to an aromatic ring is 1. The molecule has 1 aromatic rings. The highest BCUT2D eigenvalue weighted by Gasteiger charge is 2.02. The lowest BCUT2D eigenvalue weighted by atomic mass is 10.2. The molecule has 0 radical (unpaired) electrons. The summed E-state index contributed by atoms with van der Waals surface area (Å²) in [7, 11) is 0. The van der Waals surface area contributed by atoms with Crippen molar-refractivity contribution in [2.45, 2.75) is 37.3 Å². The minimum Gasteiger partial charge on any atom is -0.398 e. The lowest BCUT2D eigenvalue weighted by molar-refractivity contribution is 0.905. The van der Waals surface area contributed by atoms with E-state index in [9.17, 15) is 0 Å². The van der Waals surface area contributed by atoms with Crippen molar-refractivity contribution in [1.82, 2.24) is 0 Å². The molecule has 0 heterocycles. The van der Waals surface area contributed by atoms with Crippen molar-refractivity contribution in [3.63, 3.8) is 0 Å². The first kappa shape index (κ1) is 10.5. The Hall–Kier alpha value is -0.630. The Morgan fingerprint density at radius 3 is 2.69 bits per heavy atom. The lowest BCUT2D eigenvalue weighted by Gasteiger charge is -2.09. The van der Waals surface area contributed by atoms with E-state index < -0.39 is 0 Å². The number of thioether (sulfide) groups is 1. The average molecular weight is 195 g/mol. The lowest BCUT2D eigenvalue weighted by Crippen LogP contribution is -1.94. The van der Waals surface area contributed by atoms with E-state index in [1.54, 1.807) is 0 Å². The van der Waals surface area contributed by atoms with Crippen LogP contribution in [0.3, 0.4) is 0 Å². The van der Waals surface area contributed by atoms with Crippen molar-refractivity contribution >= 4 is 17.4 Å². The molecule has 1 unspecified atom stereocenters. The van der Waals surface area contributed by atoms with Gasteiger partial charge in [0, 0.05) is 15.8 Å². The van der Waals surface area contributed by atoms with Crippen molar-refractivity contribution < 1.29 is 0 Å². The second kappa shape index (κ2) is 4.56. The zero-order valence-corrected chi connectivity index (χ0v) is 9.32. The van der Waals surface area contributed by atoms with Crippen LogP contribution in [0.25, 0.3) is 0 Å². The summed E-state index contributed by atoms with van der Waals surface area (Å²) in [6, 6.07) is 6.29. The standard InChI is InChI=1S/C11H17NS/c1-4-9(3)13-10-6-5-8(2)11(12)7-10/h5-7,9H,4,12H2,1-3H3. The van der Waals surface area contributed by atoms with Crippen LogP contribution >= 0.6 is 11.8 Å². The third kappa shape index (κ3) is 2.96. The third-order valence-electron chi connectivity index (χ3n) is 2.16. The summed E-state index contributed by atoms with van der Waals surface area (Å²) in [5, 5.41) is 0.669. The highest BCUT2D eigenvalue weighted by Crippen LogP contribution is 2.27. The molecular formula is C11H17NS. The molecule has 0 spiro atoms. The van der Waals surface area contributed by atoms with Gasteiger partial charge in [0.1, 0.15) is 0 Å². The van der Waals surface area contributed by atoms with Crippen molar-refractivity contribution in [2.75, 3.05) is 5.73 Å². The van der Waals surface area contributed by atoms with Gasteiger partial charge in [-0.1, -0.05) is 19.9 Å². The number of rotatable bonds is 3. The molecule has 0 aromatic heterocycles. The molecule has 0 aliphatic rings. The van der Waals surface area contributed by atoms with Gasteiger partial charge in [-0.3, -0.25) is 0 Å². The first-order valence-electron chi connectivity index (χ1n) is 4.66. The molecule has 1 aromatic carbocycles. The topological polar surface area (TPSA) is 26.0 Å². The van der Waals surface area contributed by atoms with Gasteiger partial charge in [0.15, 0.2) is 0 Å². The molecule has 0 saturated heterocycles. The highest BCUT2D eigenvalue weighted by molar-refractivity contribution is 7.99. The molecule has 1 nitrogen and oxygen atoms in total. The SMILES string of the molecule is CCC(C)Sc1ccc(C)c(N)c1. The zero-order valence-electron chi connectivity index (χ0n) is 8.50. The van der Waals surface area contributed by atoms with E-state index in [0.717, 1.165) is 11.3 Å². The van der Waals surface area contributed by atoms with Crippen molar-refractivity contribution in [3.8, 4) is 0 Å². The van der Waals surface area contributed by atoms with Gasteiger partial charge < -0.3 is 5.73 Å². The number of benzene rings is 1. The van der Waals surface area contributed by atoms with E-state index in [0.29, 0.717) is 5.25 Å². The minimum absolute atomic E-state index is 0.669. The number of anilines is 1. The van der Waals surface area contributed by atoms with Gasteiger partial charge >= 0.3 is 0 Å². The predicted octanol–water partition coefficient (Wildman–Crippen LogP) is 3.47. The van der Waals surface area contributed by atoms with Crippen LogP contribution in [0.5, 0.6) is 0 Å².